The summed E-state index contributed by atoms with van der Waals surface area (Å²) < 4.78 is 20.9. The number of benzene rings is 2. The molecule has 136 valence electrons. The van der Waals surface area contributed by atoms with Crippen LogP contribution in [0, 0.1) is 5.92 Å². The van der Waals surface area contributed by atoms with Gasteiger partial charge in [0.1, 0.15) is 5.75 Å². The van der Waals surface area contributed by atoms with Crippen LogP contribution in [0.15, 0.2) is 42.5 Å². The zero-order chi connectivity index (χ0) is 17.9. The summed E-state index contributed by atoms with van der Waals surface area (Å²) in [6.45, 7) is 0.973. The van der Waals surface area contributed by atoms with Crippen molar-refractivity contribution in [3.63, 3.8) is 0 Å². The fourth-order valence-corrected chi connectivity index (χ4v) is 3.16. The molecule has 1 aliphatic carbocycles. The molecule has 1 N–H and O–H groups in total. The standard InChI is InChI=1S/C20H21NO5/c1-23-11-24-15-5-3-14(4-6-15)16-9-17(16)20(22)21-10-13-2-7-18-19(8-13)26-12-25-18/h2-8,16-17H,9-12H2,1H3,(H,21,22). The normalized spacial score (nSPS) is 19.9. The van der Waals surface area contributed by atoms with Gasteiger partial charge in [0.05, 0.1) is 0 Å². The van der Waals surface area contributed by atoms with E-state index in [1.54, 1.807) is 7.11 Å². The fraction of sp³-hybridized carbons (Fsp3) is 0.350. The van der Waals surface area contributed by atoms with Crippen LogP contribution in [0.4, 0.5) is 0 Å². The van der Waals surface area contributed by atoms with E-state index < -0.39 is 0 Å². The van der Waals surface area contributed by atoms with Gasteiger partial charge in [0.25, 0.3) is 0 Å². The highest BCUT2D eigenvalue weighted by atomic mass is 16.7. The zero-order valence-electron chi connectivity index (χ0n) is 14.6. The molecule has 0 aromatic heterocycles. The second kappa shape index (κ2) is 7.25. The molecule has 1 fully saturated rings. The smallest absolute Gasteiger partial charge is 0.231 e. The summed E-state index contributed by atoms with van der Waals surface area (Å²) >= 11 is 0. The molecule has 0 radical (unpaired) electrons. The highest BCUT2D eigenvalue weighted by molar-refractivity contribution is 5.82. The van der Waals surface area contributed by atoms with E-state index in [1.165, 1.54) is 0 Å². The maximum Gasteiger partial charge on any atom is 0.231 e. The molecule has 1 amide bonds. The number of ether oxygens (including phenoxy) is 4. The number of hydrogen-bond acceptors (Lipinski definition) is 5. The van der Waals surface area contributed by atoms with Crippen LogP contribution in [0.25, 0.3) is 0 Å². The average Bonchev–Trinajstić information content (AvgIpc) is 3.34. The van der Waals surface area contributed by atoms with E-state index in [-0.39, 0.29) is 31.3 Å². The van der Waals surface area contributed by atoms with Crippen LogP contribution in [0.1, 0.15) is 23.5 Å². The number of fused-ring (bicyclic) bond motifs is 1. The molecule has 4 rings (SSSR count). The van der Waals surface area contributed by atoms with Gasteiger partial charge in [-0.3, -0.25) is 4.79 Å². The first-order chi connectivity index (χ1) is 12.7. The first kappa shape index (κ1) is 16.7. The van der Waals surface area contributed by atoms with Crippen LogP contribution >= 0.6 is 0 Å². The molecule has 0 spiro atoms. The van der Waals surface area contributed by atoms with Gasteiger partial charge in [0.15, 0.2) is 18.3 Å². The Kier molecular flexibility index (Phi) is 4.67. The summed E-state index contributed by atoms with van der Waals surface area (Å²) in [5.41, 5.74) is 2.16. The molecule has 2 aromatic carbocycles. The Bertz CT molecular complexity index is 789. The van der Waals surface area contributed by atoms with Gasteiger partial charge in [0.2, 0.25) is 12.7 Å². The van der Waals surface area contributed by atoms with Crippen molar-refractivity contribution in [2.45, 2.75) is 18.9 Å². The summed E-state index contributed by atoms with van der Waals surface area (Å²) in [6, 6.07) is 13.6. The first-order valence-corrected chi connectivity index (χ1v) is 8.62. The molecule has 0 bridgehead atoms. The number of nitrogens with one attached hydrogen (secondary N) is 1. The second-order valence-electron chi connectivity index (χ2n) is 6.47. The van der Waals surface area contributed by atoms with Crippen LogP contribution < -0.4 is 19.5 Å². The minimum atomic E-state index is 0.0368. The Morgan fingerprint density at radius 3 is 2.77 bits per heavy atom. The summed E-state index contributed by atoms with van der Waals surface area (Å²) in [5.74, 6) is 2.66. The summed E-state index contributed by atoms with van der Waals surface area (Å²) in [5, 5.41) is 3.01. The van der Waals surface area contributed by atoms with Crippen LogP contribution in [0.3, 0.4) is 0 Å². The summed E-state index contributed by atoms with van der Waals surface area (Å²) in [7, 11) is 1.59. The molecule has 6 nitrogen and oxygen atoms in total. The Morgan fingerprint density at radius 2 is 1.96 bits per heavy atom. The largest absolute Gasteiger partial charge is 0.468 e. The maximum absolute atomic E-state index is 12.4. The lowest BCUT2D eigenvalue weighted by atomic mass is 10.1. The fourth-order valence-electron chi connectivity index (χ4n) is 3.16. The van der Waals surface area contributed by atoms with Crippen molar-refractivity contribution in [1.82, 2.24) is 5.32 Å². The van der Waals surface area contributed by atoms with Gasteiger partial charge in [-0.1, -0.05) is 18.2 Å². The molecule has 26 heavy (non-hydrogen) atoms. The third-order valence-corrected chi connectivity index (χ3v) is 4.68. The molecule has 2 aromatic rings. The van der Waals surface area contributed by atoms with Gasteiger partial charge in [-0.2, -0.15) is 0 Å². The van der Waals surface area contributed by atoms with Gasteiger partial charge in [0, 0.05) is 19.6 Å². The number of rotatable bonds is 7. The van der Waals surface area contributed by atoms with Gasteiger partial charge in [-0.25, -0.2) is 0 Å². The van der Waals surface area contributed by atoms with E-state index in [4.69, 9.17) is 18.9 Å². The van der Waals surface area contributed by atoms with E-state index in [9.17, 15) is 4.79 Å². The Balaban J connectivity index is 1.28. The van der Waals surface area contributed by atoms with Crippen LogP contribution in [-0.2, 0) is 16.1 Å². The van der Waals surface area contributed by atoms with E-state index in [0.29, 0.717) is 6.54 Å². The molecule has 2 unspecified atom stereocenters. The molecule has 6 heteroatoms. The third-order valence-electron chi connectivity index (χ3n) is 4.68. The predicted octanol–water partition coefficient (Wildman–Crippen LogP) is 2.82. The number of methoxy groups -OCH3 is 1. The lowest BCUT2D eigenvalue weighted by molar-refractivity contribution is -0.122. The van der Waals surface area contributed by atoms with Crippen LogP contribution in [0.5, 0.6) is 17.2 Å². The van der Waals surface area contributed by atoms with Crippen LogP contribution in [-0.4, -0.2) is 26.6 Å². The minimum absolute atomic E-state index is 0.0368. The molecular weight excluding hydrogens is 334 g/mol. The van der Waals surface area contributed by atoms with Gasteiger partial charge >= 0.3 is 0 Å². The van der Waals surface area contributed by atoms with E-state index in [2.05, 4.69) is 5.32 Å². The zero-order valence-corrected chi connectivity index (χ0v) is 14.6. The summed E-state index contributed by atoms with van der Waals surface area (Å²) in [6.07, 6.45) is 0.880. The Labute approximate surface area is 152 Å². The van der Waals surface area contributed by atoms with Gasteiger partial charge in [-0.15, -0.1) is 0 Å². The highest BCUT2D eigenvalue weighted by Gasteiger charge is 2.43. The van der Waals surface area contributed by atoms with Crippen LogP contribution in [0.2, 0.25) is 0 Å². The minimum Gasteiger partial charge on any atom is -0.468 e. The van der Waals surface area contributed by atoms with Crippen molar-refractivity contribution in [2.75, 3.05) is 20.7 Å². The highest BCUT2D eigenvalue weighted by Crippen LogP contribution is 2.47. The number of hydrogen-bond donors (Lipinski definition) is 1. The SMILES string of the molecule is COCOc1ccc(C2CC2C(=O)NCc2ccc3c(c2)OCO3)cc1. The average molecular weight is 355 g/mol. The van der Waals surface area contributed by atoms with Crippen molar-refractivity contribution < 1.29 is 23.7 Å². The molecule has 2 atom stereocenters. The Morgan fingerprint density at radius 1 is 1.15 bits per heavy atom. The number of carbonyl (C=O) groups excluding carboxylic acids is 1. The lowest BCUT2D eigenvalue weighted by Gasteiger charge is -2.07. The quantitative estimate of drug-likeness (QED) is 0.774. The first-order valence-electron chi connectivity index (χ1n) is 8.62. The van der Waals surface area contributed by atoms with Gasteiger partial charge in [-0.05, 0) is 47.7 Å². The molecular formula is C20H21NO5. The lowest BCUT2D eigenvalue weighted by Crippen LogP contribution is -2.24. The molecule has 2 aliphatic rings. The molecule has 0 saturated heterocycles. The van der Waals surface area contributed by atoms with E-state index in [1.807, 2.05) is 42.5 Å². The van der Waals surface area contributed by atoms with E-state index in [0.717, 1.165) is 34.8 Å². The topological polar surface area (TPSA) is 66.0 Å². The monoisotopic (exact) mass is 355 g/mol. The second-order valence-corrected chi connectivity index (χ2v) is 6.47. The predicted molar refractivity (Wildman–Crippen MR) is 94.2 cm³/mol. The number of carbonyl (C=O) groups is 1. The Hall–Kier alpha value is -2.73. The van der Waals surface area contributed by atoms with Crippen molar-refractivity contribution in [3.8, 4) is 17.2 Å². The molecule has 1 aliphatic heterocycles. The number of amides is 1. The van der Waals surface area contributed by atoms with Crippen molar-refractivity contribution in [2.24, 2.45) is 5.92 Å². The van der Waals surface area contributed by atoms with Crippen molar-refractivity contribution >= 4 is 5.91 Å². The summed E-state index contributed by atoms with van der Waals surface area (Å²) in [4.78, 5) is 12.4. The van der Waals surface area contributed by atoms with Crippen molar-refractivity contribution in [1.29, 1.82) is 0 Å². The maximum atomic E-state index is 12.4. The molecule has 1 saturated carbocycles. The van der Waals surface area contributed by atoms with E-state index >= 15 is 0 Å². The van der Waals surface area contributed by atoms with Gasteiger partial charge < -0.3 is 24.3 Å². The third kappa shape index (κ3) is 3.60. The molecule has 1 heterocycles. The van der Waals surface area contributed by atoms with Crippen molar-refractivity contribution in [3.05, 3.63) is 53.6 Å².